The molecule has 2 aromatic rings. The zero-order chi connectivity index (χ0) is 22.3. The van der Waals surface area contributed by atoms with Gasteiger partial charge in [0.25, 0.3) is 0 Å². The van der Waals surface area contributed by atoms with Gasteiger partial charge in [0.2, 0.25) is 0 Å². The van der Waals surface area contributed by atoms with Crippen LogP contribution in [0.15, 0.2) is 30.9 Å². The standard InChI is InChI=1S/C19H20F3N3O4S/c1-5-8-28-13-7-6-11(9-12(13)19(20,21)22)14-23-24-15(30-14)18(4)10-29-17(2,3)25(18)16(26)27/h5-7,9H,1,8,10H2,2-4H3,(H,26,27). The van der Waals surface area contributed by atoms with Crippen molar-refractivity contribution in [3.05, 3.63) is 41.4 Å². The fourth-order valence-electron chi connectivity index (χ4n) is 3.36. The van der Waals surface area contributed by atoms with Crippen LogP contribution in [0.5, 0.6) is 5.75 Å². The number of amides is 1. The maximum Gasteiger partial charge on any atom is 0.419 e. The molecule has 1 N–H and O–H groups in total. The molecule has 2 heterocycles. The van der Waals surface area contributed by atoms with E-state index in [2.05, 4.69) is 16.8 Å². The zero-order valence-electron chi connectivity index (χ0n) is 16.5. The van der Waals surface area contributed by atoms with Gasteiger partial charge in [0.05, 0.1) is 12.2 Å². The van der Waals surface area contributed by atoms with Crippen molar-refractivity contribution in [2.24, 2.45) is 0 Å². The first kappa shape index (κ1) is 22.0. The lowest BCUT2D eigenvalue weighted by atomic mass is 10.0. The molecule has 1 unspecified atom stereocenters. The van der Waals surface area contributed by atoms with Crippen molar-refractivity contribution < 1.29 is 32.5 Å². The van der Waals surface area contributed by atoms with Gasteiger partial charge in [-0.3, -0.25) is 4.90 Å². The number of carbonyl (C=O) groups is 1. The highest BCUT2D eigenvalue weighted by Gasteiger charge is 2.54. The fourth-order valence-corrected chi connectivity index (χ4v) is 4.32. The van der Waals surface area contributed by atoms with E-state index in [1.165, 1.54) is 18.2 Å². The van der Waals surface area contributed by atoms with Crippen molar-refractivity contribution in [2.45, 2.75) is 38.2 Å². The van der Waals surface area contributed by atoms with Crippen LogP contribution in [-0.2, 0) is 16.5 Å². The first-order valence-electron chi connectivity index (χ1n) is 8.86. The first-order chi connectivity index (χ1) is 13.9. The number of carboxylic acid groups (broad SMARTS) is 1. The van der Waals surface area contributed by atoms with E-state index in [1.807, 2.05) is 0 Å². The summed E-state index contributed by atoms with van der Waals surface area (Å²) in [6, 6.07) is 3.61. The maximum absolute atomic E-state index is 13.5. The summed E-state index contributed by atoms with van der Waals surface area (Å²) in [4.78, 5) is 13.0. The smallest absolute Gasteiger partial charge is 0.419 e. The van der Waals surface area contributed by atoms with Crippen LogP contribution in [0.25, 0.3) is 10.6 Å². The van der Waals surface area contributed by atoms with Crippen molar-refractivity contribution in [3.8, 4) is 16.3 Å². The molecule has 162 valence electrons. The van der Waals surface area contributed by atoms with E-state index in [0.29, 0.717) is 5.01 Å². The minimum absolute atomic E-state index is 0.0447. The molecule has 1 atom stereocenters. The Hall–Kier alpha value is -2.66. The van der Waals surface area contributed by atoms with Gasteiger partial charge >= 0.3 is 12.3 Å². The van der Waals surface area contributed by atoms with Crippen LogP contribution in [0, 0.1) is 0 Å². The van der Waals surface area contributed by atoms with Crippen LogP contribution < -0.4 is 4.74 Å². The summed E-state index contributed by atoms with van der Waals surface area (Å²) in [7, 11) is 0. The largest absolute Gasteiger partial charge is 0.489 e. The number of rotatable bonds is 5. The third-order valence-electron chi connectivity index (χ3n) is 4.70. The van der Waals surface area contributed by atoms with Crippen molar-refractivity contribution >= 4 is 17.4 Å². The normalized spacial score (nSPS) is 20.9. The summed E-state index contributed by atoms with van der Waals surface area (Å²) in [5, 5.41) is 18.3. The molecule has 7 nitrogen and oxygen atoms in total. The molecule has 1 aromatic carbocycles. The molecule has 30 heavy (non-hydrogen) atoms. The van der Waals surface area contributed by atoms with Gasteiger partial charge in [0.15, 0.2) is 0 Å². The van der Waals surface area contributed by atoms with Gasteiger partial charge in [-0.2, -0.15) is 13.2 Å². The van der Waals surface area contributed by atoms with Gasteiger partial charge < -0.3 is 14.6 Å². The zero-order valence-corrected chi connectivity index (χ0v) is 17.3. The second-order valence-electron chi connectivity index (χ2n) is 7.35. The third kappa shape index (κ3) is 3.86. The Morgan fingerprint density at radius 1 is 1.40 bits per heavy atom. The monoisotopic (exact) mass is 443 g/mol. The Morgan fingerprint density at radius 3 is 2.70 bits per heavy atom. The van der Waals surface area contributed by atoms with Crippen LogP contribution in [0.1, 0.15) is 31.3 Å². The molecule has 1 aliphatic rings. The Labute approximate surface area is 174 Å². The van der Waals surface area contributed by atoms with Crippen molar-refractivity contribution in [1.82, 2.24) is 15.1 Å². The minimum Gasteiger partial charge on any atom is -0.489 e. The molecule has 1 aliphatic heterocycles. The average molecular weight is 443 g/mol. The van der Waals surface area contributed by atoms with Gasteiger partial charge in [-0.15, -0.1) is 10.2 Å². The highest BCUT2D eigenvalue weighted by molar-refractivity contribution is 7.14. The number of alkyl halides is 3. The Bertz CT molecular complexity index is 976. The number of hydrogen-bond donors (Lipinski definition) is 1. The second kappa shape index (κ2) is 7.55. The maximum atomic E-state index is 13.5. The van der Waals surface area contributed by atoms with Gasteiger partial charge in [0.1, 0.15) is 33.6 Å². The van der Waals surface area contributed by atoms with Crippen LogP contribution >= 0.6 is 11.3 Å². The van der Waals surface area contributed by atoms with Crippen molar-refractivity contribution in [1.29, 1.82) is 0 Å². The Kier molecular flexibility index (Phi) is 5.54. The molecule has 0 aliphatic carbocycles. The van der Waals surface area contributed by atoms with Crippen molar-refractivity contribution in [3.63, 3.8) is 0 Å². The molecule has 1 saturated heterocycles. The van der Waals surface area contributed by atoms with E-state index in [0.717, 1.165) is 22.3 Å². The van der Waals surface area contributed by atoms with Crippen molar-refractivity contribution in [2.75, 3.05) is 13.2 Å². The molecular weight excluding hydrogens is 423 g/mol. The van der Waals surface area contributed by atoms with Crippen LogP contribution in [0.4, 0.5) is 18.0 Å². The summed E-state index contributed by atoms with van der Waals surface area (Å²) < 4.78 is 51.2. The highest BCUT2D eigenvalue weighted by atomic mass is 32.1. The number of hydrogen-bond acceptors (Lipinski definition) is 6. The summed E-state index contributed by atoms with van der Waals surface area (Å²) >= 11 is 1.02. The molecular formula is C19H20F3N3O4S. The summed E-state index contributed by atoms with van der Waals surface area (Å²) in [5.41, 5.74) is -2.95. The second-order valence-corrected chi connectivity index (χ2v) is 8.33. The van der Waals surface area contributed by atoms with Gasteiger partial charge in [0, 0.05) is 5.56 Å². The summed E-state index contributed by atoms with van der Waals surface area (Å²) in [6.07, 6.45) is -4.47. The van der Waals surface area contributed by atoms with Crippen LogP contribution in [0.3, 0.4) is 0 Å². The SMILES string of the molecule is C=CCOc1ccc(-c2nnc(C3(C)COC(C)(C)N3C(=O)O)s2)cc1C(F)(F)F. The summed E-state index contributed by atoms with van der Waals surface area (Å²) in [6.45, 7) is 8.29. The third-order valence-corrected chi connectivity index (χ3v) is 5.93. The predicted octanol–water partition coefficient (Wildman–Crippen LogP) is 4.75. The molecule has 0 saturated carbocycles. The molecule has 0 spiro atoms. The van der Waals surface area contributed by atoms with E-state index in [-0.39, 0.29) is 29.5 Å². The van der Waals surface area contributed by atoms with Gasteiger partial charge in [-0.25, -0.2) is 4.79 Å². The molecule has 3 rings (SSSR count). The molecule has 0 radical (unpaired) electrons. The van der Waals surface area contributed by atoms with Gasteiger partial charge in [-0.1, -0.05) is 24.0 Å². The number of aromatic nitrogens is 2. The van der Waals surface area contributed by atoms with E-state index in [1.54, 1.807) is 20.8 Å². The van der Waals surface area contributed by atoms with E-state index in [9.17, 15) is 23.1 Å². The van der Waals surface area contributed by atoms with E-state index < -0.39 is 29.1 Å². The lowest BCUT2D eigenvalue weighted by molar-refractivity contribution is -0.138. The summed E-state index contributed by atoms with van der Waals surface area (Å²) in [5.74, 6) is -0.314. The quantitative estimate of drug-likeness (QED) is 0.672. The molecule has 1 amide bonds. The number of benzene rings is 1. The van der Waals surface area contributed by atoms with E-state index >= 15 is 0 Å². The Balaban J connectivity index is 2.00. The highest BCUT2D eigenvalue weighted by Crippen LogP contribution is 2.45. The minimum atomic E-state index is -4.63. The fraction of sp³-hybridized carbons (Fsp3) is 0.421. The van der Waals surface area contributed by atoms with Crippen LogP contribution in [-0.4, -0.2) is 45.2 Å². The lowest BCUT2D eigenvalue weighted by Crippen LogP contribution is -2.51. The topological polar surface area (TPSA) is 84.8 Å². The number of nitrogens with zero attached hydrogens (tertiary/aromatic N) is 3. The Morgan fingerprint density at radius 2 is 2.10 bits per heavy atom. The molecule has 1 aromatic heterocycles. The predicted molar refractivity (Wildman–Crippen MR) is 103 cm³/mol. The average Bonchev–Trinajstić information content (AvgIpc) is 3.23. The van der Waals surface area contributed by atoms with E-state index in [4.69, 9.17) is 9.47 Å². The van der Waals surface area contributed by atoms with Crippen LogP contribution in [0.2, 0.25) is 0 Å². The lowest BCUT2D eigenvalue weighted by Gasteiger charge is -2.35. The molecule has 0 bridgehead atoms. The first-order valence-corrected chi connectivity index (χ1v) is 9.68. The van der Waals surface area contributed by atoms with Gasteiger partial charge in [-0.05, 0) is 39.0 Å². The molecule has 11 heteroatoms. The number of halogens is 3. The molecule has 1 fully saturated rings. The number of ether oxygens (including phenoxy) is 2.